The summed E-state index contributed by atoms with van der Waals surface area (Å²) in [6, 6.07) is 15.8. The molecule has 1 N–H and O–H groups in total. The molecule has 1 fully saturated rings. The van der Waals surface area contributed by atoms with Gasteiger partial charge in [-0.05, 0) is 37.5 Å². The molecule has 0 bridgehead atoms. The van der Waals surface area contributed by atoms with E-state index in [9.17, 15) is 18.3 Å². The summed E-state index contributed by atoms with van der Waals surface area (Å²) in [5.74, 6) is 0. The summed E-state index contributed by atoms with van der Waals surface area (Å²) >= 11 is 0. The number of rotatable bonds is 7. The lowest BCUT2D eigenvalue weighted by Gasteiger charge is -2.37. The van der Waals surface area contributed by atoms with Crippen LogP contribution in [0, 0.1) is 6.92 Å². The topological polar surface area (TPSA) is 93.1 Å². The van der Waals surface area contributed by atoms with Crippen molar-refractivity contribution in [3.63, 3.8) is 0 Å². The number of carbonyl (C=O) groups is 1. The van der Waals surface area contributed by atoms with Crippen LogP contribution in [-0.4, -0.2) is 49.8 Å². The van der Waals surface area contributed by atoms with Crippen LogP contribution < -0.4 is 0 Å². The number of hydrogen-bond donors (Lipinski definition) is 1. The lowest BCUT2D eigenvalue weighted by Crippen LogP contribution is -2.47. The number of ether oxygens (including phenoxy) is 1. The Morgan fingerprint density at radius 3 is 2.33 bits per heavy atom. The van der Waals surface area contributed by atoms with Gasteiger partial charge in [-0.2, -0.15) is 8.42 Å². The van der Waals surface area contributed by atoms with Gasteiger partial charge in [0.1, 0.15) is 6.61 Å². The Balaban J connectivity index is 1.43. The van der Waals surface area contributed by atoms with Gasteiger partial charge in [0.25, 0.3) is 10.1 Å². The molecule has 1 heterocycles. The normalized spacial score (nSPS) is 16.3. The summed E-state index contributed by atoms with van der Waals surface area (Å²) in [6.07, 6.45) is 0.424. The van der Waals surface area contributed by atoms with E-state index in [1.165, 1.54) is 12.1 Å². The average Bonchev–Trinajstić information content (AvgIpc) is 2.73. The number of nitrogens with zero attached hydrogens (tertiary/aromatic N) is 1. The van der Waals surface area contributed by atoms with E-state index in [4.69, 9.17) is 8.92 Å². The summed E-state index contributed by atoms with van der Waals surface area (Å²) in [7, 11) is -3.86. The number of aliphatic hydroxyl groups is 1. The summed E-state index contributed by atoms with van der Waals surface area (Å²) < 4.78 is 34.9. The van der Waals surface area contributed by atoms with E-state index in [2.05, 4.69) is 0 Å². The molecule has 30 heavy (non-hydrogen) atoms. The van der Waals surface area contributed by atoms with Crippen molar-refractivity contribution in [1.82, 2.24) is 4.90 Å². The molecule has 0 atom stereocenters. The third-order valence-electron chi connectivity index (χ3n) is 5.27. The average molecular weight is 434 g/mol. The lowest BCUT2D eigenvalue weighted by atomic mass is 9.89. The van der Waals surface area contributed by atoms with Gasteiger partial charge in [0.05, 0.1) is 17.1 Å². The van der Waals surface area contributed by atoms with Crippen LogP contribution in [0.4, 0.5) is 4.79 Å². The van der Waals surface area contributed by atoms with Crippen LogP contribution in [0.3, 0.4) is 0 Å². The molecule has 1 amide bonds. The lowest BCUT2D eigenvalue weighted by molar-refractivity contribution is -0.0337. The molecule has 0 radical (unpaired) electrons. The molecule has 3 rings (SSSR count). The Labute approximate surface area is 177 Å². The summed E-state index contributed by atoms with van der Waals surface area (Å²) in [4.78, 5) is 13.9. The minimum absolute atomic E-state index is 0.0936. The van der Waals surface area contributed by atoms with Crippen molar-refractivity contribution in [3.05, 3.63) is 65.7 Å². The van der Waals surface area contributed by atoms with Crippen LogP contribution in [0.2, 0.25) is 0 Å². The van der Waals surface area contributed by atoms with Crippen molar-refractivity contribution in [3.8, 4) is 0 Å². The second kappa shape index (κ2) is 9.59. The first-order valence-electron chi connectivity index (χ1n) is 9.92. The van der Waals surface area contributed by atoms with Crippen LogP contribution in [0.25, 0.3) is 0 Å². The molecule has 1 saturated heterocycles. The third-order valence-corrected chi connectivity index (χ3v) is 6.60. The molecule has 2 aromatic carbocycles. The Morgan fingerprint density at radius 1 is 1.07 bits per heavy atom. The van der Waals surface area contributed by atoms with Crippen molar-refractivity contribution in [2.24, 2.45) is 0 Å². The van der Waals surface area contributed by atoms with E-state index in [0.717, 1.165) is 11.1 Å². The van der Waals surface area contributed by atoms with E-state index in [-0.39, 0.29) is 24.5 Å². The van der Waals surface area contributed by atoms with Crippen LogP contribution >= 0.6 is 0 Å². The first kappa shape index (κ1) is 22.3. The zero-order valence-electron chi connectivity index (χ0n) is 17.0. The van der Waals surface area contributed by atoms with Crippen molar-refractivity contribution >= 4 is 16.2 Å². The quantitative estimate of drug-likeness (QED) is 0.674. The molecule has 0 aliphatic carbocycles. The molecule has 2 aromatic rings. The van der Waals surface area contributed by atoms with Gasteiger partial charge in [0.2, 0.25) is 0 Å². The van der Waals surface area contributed by atoms with Crippen LogP contribution in [0.5, 0.6) is 0 Å². The van der Waals surface area contributed by atoms with E-state index in [0.29, 0.717) is 25.9 Å². The highest BCUT2D eigenvalue weighted by Gasteiger charge is 2.34. The van der Waals surface area contributed by atoms with E-state index in [1.54, 1.807) is 17.0 Å². The maximum Gasteiger partial charge on any atom is 0.410 e. The van der Waals surface area contributed by atoms with Crippen LogP contribution in [-0.2, 0) is 25.6 Å². The van der Waals surface area contributed by atoms with E-state index < -0.39 is 21.8 Å². The highest BCUT2D eigenvalue weighted by Crippen LogP contribution is 2.27. The minimum atomic E-state index is -3.86. The first-order chi connectivity index (χ1) is 14.3. The molecule has 0 saturated carbocycles. The van der Waals surface area contributed by atoms with Crippen molar-refractivity contribution < 1.29 is 27.2 Å². The number of piperidine rings is 1. The number of amides is 1. The van der Waals surface area contributed by atoms with E-state index >= 15 is 0 Å². The Kier molecular flexibility index (Phi) is 7.12. The highest BCUT2D eigenvalue weighted by molar-refractivity contribution is 7.86. The Morgan fingerprint density at radius 2 is 1.70 bits per heavy atom. The summed E-state index contributed by atoms with van der Waals surface area (Å²) in [5, 5.41) is 10.7. The van der Waals surface area contributed by atoms with Crippen LogP contribution in [0.1, 0.15) is 30.4 Å². The Hall–Kier alpha value is -2.42. The molecule has 0 unspecified atom stereocenters. The molecular weight excluding hydrogens is 406 g/mol. The minimum Gasteiger partial charge on any atom is -0.445 e. The zero-order chi connectivity index (χ0) is 21.6. The smallest absolute Gasteiger partial charge is 0.410 e. The van der Waals surface area contributed by atoms with Gasteiger partial charge >= 0.3 is 6.09 Å². The number of benzene rings is 2. The molecule has 1 aliphatic heterocycles. The second-order valence-corrected chi connectivity index (χ2v) is 9.21. The fraction of sp³-hybridized carbons (Fsp3) is 0.409. The fourth-order valence-electron chi connectivity index (χ4n) is 3.28. The van der Waals surface area contributed by atoms with Gasteiger partial charge in [-0.3, -0.25) is 4.18 Å². The van der Waals surface area contributed by atoms with Gasteiger partial charge in [0.15, 0.2) is 0 Å². The summed E-state index contributed by atoms with van der Waals surface area (Å²) in [5.41, 5.74) is 0.794. The van der Waals surface area contributed by atoms with Gasteiger partial charge in [-0.15, -0.1) is 0 Å². The molecule has 8 heteroatoms. The number of aryl methyl sites for hydroxylation is 1. The van der Waals surface area contributed by atoms with Gasteiger partial charge in [-0.1, -0.05) is 48.0 Å². The van der Waals surface area contributed by atoms with Crippen molar-refractivity contribution in [2.75, 3.05) is 19.7 Å². The maximum atomic E-state index is 12.2. The molecule has 7 nitrogen and oxygen atoms in total. The van der Waals surface area contributed by atoms with Crippen LogP contribution in [0.15, 0.2) is 59.5 Å². The SMILES string of the molecule is Cc1ccc(S(=O)(=O)OCCC2(O)CCN(C(=O)OCc3ccccc3)CC2)cc1. The first-order valence-corrected chi connectivity index (χ1v) is 11.3. The molecule has 162 valence electrons. The Bertz CT molecular complexity index is 935. The molecular formula is C22H27NO6S. The largest absolute Gasteiger partial charge is 0.445 e. The monoisotopic (exact) mass is 433 g/mol. The predicted octanol–water partition coefficient (Wildman–Crippen LogP) is 3.25. The van der Waals surface area contributed by atoms with Crippen molar-refractivity contribution in [2.45, 2.75) is 43.3 Å². The second-order valence-electron chi connectivity index (χ2n) is 7.59. The molecule has 1 aliphatic rings. The number of likely N-dealkylation sites (tertiary alicyclic amines) is 1. The molecule has 0 aromatic heterocycles. The standard InChI is InChI=1S/C22H27NO6S/c1-18-7-9-20(10-8-18)30(26,27)29-16-13-22(25)11-14-23(15-12-22)21(24)28-17-19-5-3-2-4-6-19/h2-10,25H,11-17H2,1H3. The van der Waals surface area contributed by atoms with Gasteiger partial charge in [-0.25, -0.2) is 4.79 Å². The fourth-order valence-corrected chi connectivity index (χ4v) is 4.19. The van der Waals surface area contributed by atoms with Gasteiger partial charge < -0.3 is 14.7 Å². The molecule has 0 spiro atoms. The predicted molar refractivity (Wildman–Crippen MR) is 111 cm³/mol. The van der Waals surface area contributed by atoms with Crippen molar-refractivity contribution in [1.29, 1.82) is 0 Å². The maximum absolute atomic E-state index is 12.2. The highest BCUT2D eigenvalue weighted by atomic mass is 32.2. The van der Waals surface area contributed by atoms with E-state index in [1.807, 2.05) is 37.3 Å². The summed E-state index contributed by atoms with van der Waals surface area (Å²) in [6.45, 7) is 2.64. The number of carbonyl (C=O) groups excluding carboxylic acids is 1. The third kappa shape index (κ3) is 6.04. The zero-order valence-corrected chi connectivity index (χ0v) is 17.8. The number of hydrogen-bond acceptors (Lipinski definition) is 6. The van der Waals surface area contributed by atoms with Gasteiger partial charge in [0, 0.05) is 19.5 Å².